The standard InChI is InChI=1S/C31H38N4O4/c1-31(2,3)39-30(38)33-20-22-9-13-24(14-10-22)29(37)35-18-17-26(23-7-5-4-6-8-23)27(35)28(36)34-25-15-11-21(19-32)12-16-25/h4-8,11-12,15-16,22,24,26-27H,9-10,13-14,17-18,20H2,1-3H3,(H,33,38)(H,34,36)/t22?,24?,26-,27-/m0/s1. The third kappa shape index (κ3) is 7.38. The van der Waals surface area contributed by atoms with E-state index in [1.54, 1.807) is 29.2 Å². The van der Waals surface area contributed by atoms with Gasteiger partial charge in [-0.25, -0.2) is 4.79 Å². The lowest BCUT2D eigenvalue weighted by Gasteiger charge is -2.34. The van der Waals surface area contributed by atoms with Gasteiger partial charge in [0.25, 0.3) is 0 Å². The van der Waals surface area contributed by atoms with Gasteiger partial charge in [0, 0.05) is 30.6 Å². The highest BCUT2D eigenvalue weighted by atomic mass is 16.6. The molecule has 8 heteroatoms. The first-order valence-electron chi connectivity index (χ1n) is 13.8. The minimum absolute atomic E-state index is 0.0342. The number of nitrogens with zero attached hydrogens (tertiary/aromatic N) is 2. The Morgan fingerprint density at radius 3 is 2.26 bits per heavy atom. The first kappa shape index (κ1) is 28.2. The van der Waals surface area contributed by atoms with Crippen LogP contribution >= 0.6 is 0 Å². The molecule has 2 N–H and O–H groups in total. The minimum atomic E-state index is -0.609. The Balaban J connectivity index is 1.41. The molecule has 2 aromatic rings. The van der Waals surface area contributed by atoms with Crippen molar-refractivity contribution in [2.45, 2.75) is 70.4 Å². The van der Waals surface area contributed by atoms with Crippen LogP contribution in [0.4, 0.5) is 10.5 Å². The summed E-state index contributed by atoms with van der Waals surface area (Å²) >= 11 is 0. The highest BCUT2D eigenvalue weighted by molar-refractivity contribution is 5.98. The van der Waals surface area contributed by atoms with Gasteiger partial charge in [-0.3, -0.25) is 9.59 Å². The summed E-state index contributed by atoms with van der Waals surface area (Å²) in [5.41, 5.74) is 1.63. The van der Waals surface area contributed by atoms with Crippen molar-refractivity contribution in [1.29, 1.82) is 5.26 Å². The Bertz CT molecular complexity index is 1190. The number of carbonyl (C=O) groups excluding carboxylic acids is 3. The van der Waals surface area contributed by atoms with E-state index in [4.69, 9.17) is 10.00 Å². The van der Waals surface area contributed by atoms with Gasteiger partial charge in [-0.2, -0.15) is 5.26 Å². The molecule has 4 rings (SSSR count). The first-order valence-corrected chi connectivity index (χ1v) is 13.8. The van der Waals surface area contributed by atoms with Crippen LogP contribution < -0.4 is 10.6 Å². The lowest BCUT2D eigenvalue weighted by molar-refractivity contribution is -0.141. The van der Waals surface area contributed by atoms with Crippen LogP contribution in [0.25, 0.3) is 0 Å². The van der Waals surface area contributed by atoms with Gasteiger partial charge < -0.3 is 20.3 Å². The van der Waals surface area contributed by atoms with Crippen LogP contribution in [0.2, 0.25) is 0 Å². The fraction of sp³-hybridized carbons (Fsp3) is 0.484. The molecular formula is C31H38N4O4. The second-order valence-corrected chi connectivity index (χ2v) is 11.6. The largest absolute Gasteiger partial charge is 0.444 e. The SMILES string of the molecule is CC(C)(C)OC(=O)NCC1CCC(C(=O)N2CC[C@@H](c3ccccc3)[C@H]2C(=O)Nc2ccc(C#N)cc2)CC1. The van der Waals surface area contributed by atoms with Gasteiger partial charge in [-0.15, -0.1) is 0 Å². The summed E-state index contributed by atoms with van der Waals surface area (Å²) in [6.45, 7) is 6.57. The van der Waals surface area contributed by atoms with E-state index < -0.39 is 17.7 Å². The molecule has 206 valence electrons. The van der Waals surface area contributed by atoms with Crippen molar-refractivity contribution in [3.63, 3.8) is 0 Å². The quantitative estimate of drug-likeness (QED) is 0.532. The molecule has 1 aliphatic carbocycles. The molecule has 1 aliphatic heterocycles. The molecule has 39 heavy (non-hydrogen) atoms. The second-order valence-electron chi connectivity index (χ2n) is 11.6. The number of likely N-dealkylation sites (tertiary alicyclic amines) is 1. The van der Waals surface area contributed by atoms with Gasteiger partial charge >= 0.3 is 6.09 Å². The van der Waals surface area contributed by atoms with E-state index >= 15 is 0 Å². The van der Waals surface area contributed by atoms with E-state index in [9.17, 15) is 14.4 Å². The molecule has 0 aromatic heterocycles. The predicted octanol–water partition coefficient (Wildman–Crippen LogP) is 5.21. The number of hydrogen-bond acceptors (Lipinski definition) is 5. The van der Waals surface area contributed by atoms with Gasteiger partial charge in [0.2, 0.25) is 11.8 Å². The van der Waals surface area contributed by atoms with E-state index in [0.717, 1.165) is 37.7 Å². The highest BCUT2D eigenvalue weighted by Gasteiger charge is 2.44. The molecule has 0 unspecified atom stereocenters. The molecule has 0 spiro atoms. The zero-order valence-corrected chi connectivity index (χ0v) is 23.0. The summed E-state index contributed by atoms with van der Waals surface area (Å²) in [6, 6.07) is 18.1. The molecular weight excluding hydrogens is 492 g/mol. The highest BCUT2D eigenvalue weighted by Crippen LogP contribution is 2.38. The molecule has 1 heterocycles. The average molecular weight is 531 g/mol. The number of alkyl carbamates (subject to hydrolysis) is 1. The lowest BCUT2D eigenvalue weighted by atomic mass is 9.81. The monoisotopic (exact) mass is 530 g/mol. The van der Waals surface area contributed by atoms with Crippen molar-refractivity contribution in [2.75, 3.05) is 18.4 Å². The molecule has 2 aliphatic rings. The van der Waals surface area contributed by atoms with Gasteiger partial charge in [0.1, 0.15) is 11.6 Å². The summed E-state index contributed by atoms with van der Waals surface area (Å²) in [5.74, 6) is -0.111. The summed E-state index contributed by atoms with van der Waals surface area (Å²) in [5, 5.41) is 14.9. The van der Waals surface area contributed by atoms with Gasteiger partial charge in [0.05, 0.1) is 11.6 Å². The predicted molar refractivity (Wildman–Crippen MR) is 149 cm³/mol. The van der Waals surface area contributed by atoms with Gasteiger partial charge in [-0.1, -0.05) is 30.3 Å². The Morgan fingerprint density at radius 2 is 1.64 bits per heavy atom. The number of amides is 3. The number of anilines is 1. The van der Waals surface area contributed by atoms with Crippen molar-refractivity contribution in [2.24, 2.45) is 11.8 Å². The van der Waals surface area contributed by atoms with Crippen molar-refractivity contribution >= 4 is 23.6 Å². The number of carbonyl (C=O) groups is 3. The fourth-order valence-corrected chi connectivity index (χ4v) is 5.65. The number of nitriles is 1. The van der Waals surface area contributed by atoms with Crippen LogP contribution in [0.15, 0.2) is 54.6 Å². The maximum absolute atomic E-state index is 13.8. The summed E-state index contributed by atoms with van der Waals surface area (Å²) < 4.78 is 5.33. The third-order valence-electron chi connectivity index (χ3n) is 7.59. The van der Waals surface area contributed by atoms with Crippen LogP contribution in [0.5, 0.6) is 0 Å². The summed E-state index contributed by atoms with van der Waals surface area (Å²) in [6.07, 6.45) is 3.44. The smallest absolute Gasteiger partial charge is 0.407 e. The number of hydrogen-bond donors (Lipinski definition) is 2. The molecule has 8 nitrogen and oxygen atoms in total. The maximum Gasteiger partial charge on any atom is 0.407 e. The molecule has 2 aromatic carbocycles. The van der Waals surface area contributed by atoms with E-state index in [1.165, 1.54) is 0 Å². The van der Waals surface area contributed by atoms with Crippen LogP contribution in [0.1, 0.15) is 69.9 Å². The second kappa shape index (κ2) is 12.3. The Kier molecular flexibility index (Phi) is 8.90. The number of rotatable bonds is 6. The van der Waals surface area contributed by atoms with Crippen LogP contribution in [0, 0.1) is 23.2 Å². The Hall–Kier alpha value is -3.86. The van der Waals surface area contributed by atoms with E-state index in [-0.39, 0.29) is 23.7 Å². The number of nitrogens with one attached hydrogen (secondary N) is 2. The van der Waals surface area contributed by atoms with E-state index in [0.29, 0.717) is 30.3 Å². The maximum atomic E-state index is 13.8. The Morgan fingerprint density at radius 1 is 0.974 bits per heavy atom. The first-order chi connectivity index (χ1) is 18.6. The zero-order chi connectivity index (χ0) is 28.0. The van der Waals surface area contributed by atoms with Crippen LogP contribution in [0.3, 0.4) is 0 Å². The number of ether oxygens (including phenoxy) is 1. The topological polar surface area (TPSA) is 112 Å². The molecule has 2 atom stereocenters. The van der Waals surface area contributed by atoms with E-state index in [2.05, 4.69) is 16.7 Å². The number of benzene rings is 2. The van der Waals surface area contributed by atoms with Crippen LogP contribution in [-0.4, -0.2) is 47.5 Å². The van der Waals surface area contributed by atoms with Crippen LogP contribution in [-0.2, 0) is 14.3 Å². The van der Waals surface area contributed by atoms with Gasteiger partial charge in [0.15, 0.2) is 0 Å². The lowest BCUT2D eigenvalue weighted by Crippen LogP contribution is -2.48. The van der Waals surface area contributed by atoms with Gasteiger partial charge in [-0.05, 0) is 88.6 Å². The van der Waals surface area contributed by atoms with Crippen molar-refractivity contribution in [3.05, 3.63) is 65.7 Å². The molecule has 2 fully saturated rings. The van der Waals surface area contributed by atoms with Crippen molar-refractivity contribution < 1.29 is 19.1 Å². The minimum Gasteiger partial charge on any atom is -0.444 e. The Labute approximate surface area is 230 Å². The summed E-state index contributed by atoms with van der Waals surface area (Å²) in [4.78, 5) is 41.2. The molecule has 0 radical (unpaired) electrons. The van der Waals surface area contributed by atoms with Crippen molar-refractivity contribution in [1.82, 2.24) is 10.2 Å². The zero-order valence-electron chi connectivity index (χ0n) is 23.0. The average Bonchev–Trinajstić information content (AvgIpc) is 3.37. The summed E-state index contributed by atoms with van der Waals surface area (Å²) in [7, 11) is 0. The molecule has 0 bridgehead atoms. The van der Waals surface area contributed by atoms with Crippen molar-refractivity contribution in [3.8, 4) is 6.07 Å². The third-order valence-corrected chi connectivity index (χ3v) is 7.59. The molecule has 3 amide bonds. The fourth-order valence-electron chi connectivity index (χ4n) is 5.65. The normalized spacial score (nSPS) is 23.0. The van der Waals surface area contributed by atoms with E-state index in [1.807, 2.05) is 51.1 Å². The molecule has 1 saturated heterocycles. The molecule has 1 saturated carbocycles.